The minimum atomic E-state index is -1.16. The van der Waals surface area contributed by atoms with E-state index in [1.807, 2.05) is 0 Å². The Balaban J connectivity index is 0.000000500. The van der Waals surface area contributed by atoms with Gasteiger partial charge in [0.15, 0.2) is 0 Å². The lowest BCUT2D eigenvalue weighted by Crippen LogP contribution is -2.56. The van der Waals surface area contributed by atoms with Gasteiger partial charge in [-0.3, -0.25) is 33.8 Å². The molecule has 1 fully saturated rings. The average molecular weight is 395 g/mol. The third kappa shape index (κ3) is 3.89. The van der Waals surface area contributed by atoms with Crippen LogP contribution in [-0.2, 0) is 14.4 Å². The van der Waals surface area contributed by atoms with Crippen LogP contribution in [0.5, 0.6) is 0 Å². The van der Waals surface area contributed by atoms with Crippen LogP contribution in [0.3, 0.4) is 0 Å². The van der Waals surface area contributed by atoms with Crippen molar-refractivity contribution in [1.29, 1.82) is 0 Å². The molecule has 28 heavy (non-hydrogen) atoms. The van der Waals surface area contributed by atoms with Crippen molar-refractivity contribution in [3.05, 3.63) is 35.1 Å². The molecule has 0 spiro atoms. The zero-order chi connectivity index (χ0) is 21.0. The number of nitrogens with zero attached hydrogens (tertiary/aromatic N) is 2. The maximum Gasteiger partial charge on any atom is 0.317 e. The number of imide groups is 2. The quantitative estimate of drug-likeness (QED) is 0.546. The average Bonchev–Trinajstić information content (AvgIpc) is 2.91. The summed E-state index contributed by atoms with van der Waals surface area (Å²) >= 11 is 0. The number of aliphatic carboxylic acids is 1. The first-order chi connectivity index (χ1) is 13.2. The molecule has 0 saturated carbocycles. The molecule has 2 aliphatic heterocycles. The summed E-state index contributed by atoms with van der Waals surface area (Å²) in [5.74, 6) is -4.62. The van der Waals surface area contributed by atoms with Crippen molar-refractivity contribution in [2.75, 3.05) is 19.7 Å². The number of piperidine rings is 1. The van der Waals surface area contributed by atoms with Gasteiger partial charge in [0.05, 0.1) is 30.8 Å². The number of amides is 4. The van der Waals surface area contributed by atoms with Crippen LogP contribution in [0.15, 0.2) is 18.2 Å². The number of aliphatic hydroxyl groups is 1. The Morgan fingerprint density at radius 1 is 1.21 bits per heavy atom. The molecule has 1 unspecified atom stereocenters. The fraction of sp³-hybridized carbons (Fsp3) is 0.353. The van der Waals surface area contributed by atoms with Gasteiger partial charge in [-0.1, -0.05) is 6.07 Å². The first-order valence-corrected chi connectivity index (χ1v) is 8.27. The number of carbonyl (C=O) groups excluding carboxylic acids is 4. The summed E-state index contributed by atoms with van der Waals surface area (Å²) in [6.45, 7) is -0.896. The molecule has 3 rings (SSSR count). The van der Waals surface area contributed by atoms with E-state index in [0.29, 0.717) is 4.90 Å². The highest BCUT2D eigenvalue weighted by Gasteiger charge is 2.47. The second-order valence-electron chi connectivity index (χ2n) is 5.90. The van der Waals surface area contributed by atoms with E-state index in [0.717, 1.165) is 11.0 Å². The van der Waals surface area contributed by atoms with Gasteiger partial charge in [-0.15, -0.1) is 0 Å². The predicted molar refractivity (Wildman–Crippen MR) is 90.4 cm³/mol. The van der Waals surface area contributed by atoms with Crippen molar-refractivity contribution in [1.82, 2.24) is 9.80 Å². The van der Waals surface area contributed by atoms with Crippen molar-refractivity contribution in [3.8, 4) is 0 Å². The number of carbonyl (C=O) groups is 5. The lowest BCUT2D eigenvalue weighted by Gasteiger charge is -2.34. The molecular formula is C17H18FN3O7. The fourth-order valence-electron chi connectivity index (χ4n) is 2.94. The van der Waals surface area contributed by atoms with Gasteiger partial charge < -0.3 is 15.9 Å². The number of nitrogens with two attached hydrogens (primary N) is 1. The van der Waals surface area contributed by atoms with Crippen LogP contribution in [0.4, 0.5) is 4.39 Å². The summed E-state index contributed by atoms with van der Waals surface area (Å²) in [5.41, 5.74) is 4.13. The molecule has 11 heteroatoms. The number of halogens is 1. The summed E-state index contributed by atoms with van der Waals surface area (Å²) in [7, 11) is 0. The Labute approximate surface area is 158 Å². The zero-order valence-corrected chi connectivity index (χ0v) is 14.6. The summed E-state index contributed by atoms with van der Waals surface area (Å²) in [4.78, 5) is 59.7. The molecule has 1 aromatic carbocycles. The number of aliphatic hydroxyl groups excluding tert-OH is 1. The number of fused-ring (bicyclic) bond motifs is 1. The molecule has 1 atom stereocenters. The van der Waals surface area contributed by atoms with Crippen molar-refractivity contribution < 1.29 is 38.6 Å². The van der Waals surface area contributed by atoms with Gasteiger partial charge in [0.25, 0.3) is 17.7 Å². The van der Waals surface area contributed by atoms with Gasteiger partial charge in [-0.05, 0) is 18.6 Å². The number of hydrogen-bond donors (Lipinski definition) is 3. The van der Waals surface area contributed by atoms with Crippen LogP contribution in [0, 0.1) is 5.82 Å². The number of hydrogen-bond acceptors (Lipinski definition) is 7. The van der Waals surface area contributed by atoms with E-state index in [-0.39, 0.29) is 37.1 Å². The number of benzene rings is 1. The molecule has 10 nitrogen and oxygen atoms in total. The molecule has 0 radical (unpaired) electrons. The Morgan fingerprint density at radius 3 is 2.39 bits per heavy atom. The SMILES string of the molecule is NCC(=O)O.O=C1CCC(N2C(=O)c3cccc(F)c3C2=O)C(=O)N1CCO. The molecule has 0 bridgehead atoms. The molecular weight excluding hydrogens is 377 g/mol. The van der Waals surface area contributed by atoms with Gasteiger partial charge in [0, 0.05) is 6.42 Å². The Morgan fingerprint density at radius 2 is 1.86 bits per heavy atom. The van der Waals surface area contributed by atoms with E-state index >= 15 is 0 Å². The molecule has 1 aromatic rings. The highest BCUT2D eigenvalue weighted by atomic mass is 19.1. The van der Waals surface area contributed by atoms with E-state index in [1.165, 1.54) is 12.1 Å². The smallest absolute Gasteiger partial charge is 0.317 e. The van der Waals surface area contributed by atoms with Gasteiger partial charge in [-0.25, -0.2) is 4.39 Å². The van der Waals surface area contributed by atoms with E-state index in [9.17, 15) is 28.4 Å². The Bertz CT molecular complexity index is 842. The van der Waals surface area contributed by atoms with Gasteiger partial charge >= 0.3 is 5.97 Å². The topological polar surface area (TPSA) is 158 Å². The molecule has 0 aromatic heterocycles. The molecule has 0 aliphatic carbocycles. The lowest BCUT2D eigenvalue weighted by atomic mass is 10.0. The van der Waals surface area contributed by atoms with E-state index in [4.69, 9.17) is 10.2 Å². The molecule has 2 heterocycles. The third-order valence-corrected chi connectivity index (χ3v) is 4.19. The van der Waals surface area contributed by atoms with Crippen LogP contribution in [0.2, 0.25) is 0 Å². The number of rotatable bonds is 4. The second kappa shape index (κ2) is 8.67. The highest BCUT2D eigenvalue weighted by molar-refractivity contribution is 6.23. The lowest BCUT2D eigenvalue weighted by molar-refractivity contribution is -0.152. The van der Waals surface area contributed by atoms with Crippen LogP contribution in [0.25, 0.3) is 0 Å². The predicted octanol–water partition coefficient (Wildman–Crippen LogP) is -1.04. The Hall–Kier alpha value is -3.18. The number of likely N-dealkylation sites (tertiary alicyclic amines) is 1. The summed E-state index contributed by atoms with van der Waals surface area (Å²) in [6, 6.07) is 2.54. The molecule has 4 N–H and O–H groups in total. The molecule has 150 valence electrons. The first kappa shape index (κ1) is 21.1. The fourth-order valence-corrected chi connectivity index (χ4v) is 2.94. The normalized spacial score (nSPS) is 18.8. The van der Waals surface area contributed by atoms with Crippen molar-refractivity contribution in [2.45, 2.75) is 18.9 Å². The van der Waals surface area contributed by atoms with Crippen molar-refractivity contribution in [3.63, 3.8) is 0 Å². The van der Waals surface area contributed by atoms with Gasteiger partial charge in [0.1, 0.15) is 11.9 Å². The molecule has 1 saturated heterocycles. The summed E-state index contributed by atoms with van der Waals surface area (Å²) < 4.78 is 13.8. The van der Waals surface area contributed by atoms with E-state index < -0.39 is 48.1 Å². The summed E-state index contributed by atoms with van der Waals surface area (Å²) in [6.07, 6.45) is -0.0427. The standard InChI is InChI=1S/C15H13FN2O5.C2H5NO2/c16-9-3-1-2-8-12(9)15(23)18(13(8)21)10-4-5-11(20)17(6-7-19)14(10)22;3-1-2(4)5/h1-3,10,19H,4-7H2;1,3H2,(H,4,5). The monoisotopic (exact) mass is 395 g/mol. The minimum Gasteiger partial charge on any atom is -0.480 e. The molecule has 2 aliphatic rings. The Kier molecular flexibility index (Phi) is 6.54. The van der Waals surface area contributed by atoms with Crippen molar-refractivity contribution >= 4 is 29.6 Å². The van der Waals surface area contributed by atoms with Gasteiger partial charge in [-0.2, -0.15) is 0 Å². The number of carboxylic acids is 1. The zero-order valence-electron chi connectivity index (χ0n) is 14.6. The van der Waals surface area contributed by atoms with Gasteiger partial charge in [0.2, 0.25) is 5.91 Å². The van der Waals surface area contributed by atoms with E-state index in [2.05, 4.69) is 5.73 Å². The highest BCUT2D eigenvalue weighted by Crippen LogP contribution is 2.30. The van der Waals surface area contributed by atoms with Crippen LogP contribution in [-0.4, -0.2) is 75.3 Å². The van der Waals surface area contributed by atoms with Crippen LogP contribution in [0.1, 0.15) is 33.6 Å². The first-order valence-electron chi connectivity index (χ1n) is 8.27. The van der Waals surface area contributed by atoms with E-state index in [1.54, 1.807) is 0 Å². The molecule has 4 amide bonds. The number of β-amino-alcohol motifs (C(OH)–C–C–N with tert-alkyl or cyclic N) is 1. The maximum atomic E-state index is 13.8. The third-order valence-electron chi connectivity index (χ3n) is 4.19. The van der Waals surface area contributed by atoms with Crippen LogP contribution < -0.4 is 5.73 Å². The van der Waals surface area contributed by atoms with Crippen LogP contribution >= 0.6 is 0 Å². The summed E-state index contributed by atoms with van der Waals surface area (Å²) in [5, 5.41) is 16.5. The minimum absolute atomic E-state index is 0.00726. The largest absolute Gasteiger partial charge is 0.480 e. The second-order valence-corrected chi connectivity index (χ2v) is 5.90. The maximum absolute atomic E-state index is 13.8. The van der Waals surface area contributed by atoms with Crippen molar-refractivity contribution in [2.24, 2.45) is 5.73 Å². The number of carboxylic acid groups (broad SMARTS) is 1.